The van der Waals surface area contributed by atoms with Crippen LogP contribution in [0.15, 0.2) is 77.7 Å². The van der Waals surface area contributed by atoms with Gasteiger partial charge >= 0.3 is 12.4 Å². The van der Waals surface area contributed by atoms with Gasteiger partial charge in [-0.1, -0.05) is 81.5 Å². The largest absolute Gasteiger partial charge is 0.409 e. The molecule has 2 aromatic carbocycles. The number of aryl methyl sites for hydroxylation is 1. The molecule has 0 bridgehead atoms. The Hall–Kier alpha value is -3.42. The molecule has 0 radical (unpaired) electrons. The lowest BCUT2D eigenvalue weighted by Gasteiger charge is -2.57. The number of fused-ring (bicyclic) bond motifs is 1. The molecule has 3 aliphatic heterocycles. The number of alkyl halides is 6. The van der Waals surface area contributed by atoms with Gasteiger partial charge in [0.15, 0.2) is 0 Å². The van der Waals surface area contributed by atoms with Crippen molar-refractivity contribution in [1.29, 1.82) is 0 Å². The molecule has 0 spiro atoms. The first kappa shape index (κ1) is 24.9. The molecule has 0 saturated carbocycles. The van der Waals surface area contributed by atoms with Gasteiger partial charge in [-0.15, -0.1) is 0 Å². The summed E-state index contributed by atoms with van der Waals surface area (Å²) >= 11 is 0. The van der Waals surface area contributed by atoms with Crippen molar-refractivity contribution in [3.05, 3.63) is 99.2 Å². The van der Waals surface area contributed by atoms with Crippen LogP contribution in [0.4, 0.5) is 26.3 Å². The Bertz CT molecular complexity index is 1590. The fourth-order valence-corrected chi connectivity index (χ4v) is 7.11. The Kier molecular flexibility index (Phi) is 4.82. The lowest BCUT2D eigenvalue weighted by molar-refractivity contribution is -0.357. The van der Waals surface area contributed by atoms with Crippen LogP contribution >= 0.6 is 0 Å². The molecule has 4 aliphatic rings. The van der Waals surface area contributed by atoms with Gasteiger partial charge in [0.2, 0.25) is 5.41 Å². The van der Waals surface area contributed by atoms with Crippen LogP contribution in [-0.2, 0) is 0 Å². The van der Waals surface area contributed by atoms with Crippen molar-refractivity contribution in [3.8, 4) is 0 Å². The highest BCUT2D eigenvalue weighted by Gasteiger charge is 2.83. The van der Waals surface area contributed by atoms with Crippen molar-refractivity contribution in [3.63, 3.8) is 0 Å². The summed E-state index contributed by atoms with van der Waals surface area (Å²) < 4.78 is 92.6. The van der Waals surface area contributed by atoms with Gasteiger partial charge in [0, 0.05) is 29.2 Å². The number of hydrogen-bond acceptors (Lipinski definition) is 2. The second kappa shape index (κ2) is 7.36. The van der Waals surface area contributed by atoms with E-state index in [0.29, 0.717) is 22.3 Å². The van der Waals surface area contributed by atoms with Crippen molar-refractivity contribution in [1.82, 2.24) is 9.80 Å². The van der Waals surface area contributed by atoms with E-state index < -0.39 is 28.9 Å². The first-order valence-electron chi connectivity index (χ1n) is 12.4. The van der Waals surface area contributed by atoms with Crippen LogP contribution in [0.5, 0.6) is 0 Å². The number of hydrogen-bond donors (Lipinski definition) is 0. The summed E-state index contributed by atoms with van der Waals surface area (Å²) in [6.45, 7) is 5.94. The van der Waals surface area contributed by atoms with E-state index in [1.807, 2.05) is 32.0 Å². The van der Waals surface area contributed by atoms with Crippen molar-refractivity contribution in [2.75, 3.05) is 7.05 Å². The number of halogens is 6. The molecule has 2 nitrogen and oxygen atoms in total. The molecule has 38 heavy (non-hydrogen) atoms. The van der Waals surface area contributed by atoms with Crippen LogP contribution < -0.4 is 10.4 Å². The number of rotatable bonds is 1. The minimum absolute atomic E-state index is 0.0383. The van der Waals surface area contributed by atoms with Gasteiger partial charge in [-0.25, -0.2) is 0 Å². The van der Waals surface area contributed by atoms with Crippen LogP contribution in [0.3, 0.4) is 0 Å². The molecule has 1 atom stereocenters. The molecule has 1 aliphatic carbocycles. The summed E-state index contributed by atoms with van der Waals surface area (Å²) in [6, 6.07) is 13.7. The Morgan fingerprint density at radius 3 is 2.08 bits per heavy atom. The summed E-state index contributed by atoms with van der Waals surface area (Å²) in [5.41, 5.74) is -5.13. The number of allylic oxidation sites excluding steroid dienone is 5. The summed E-state index contributed by atoms with van der Waals surface area (Å²) in [6.07, 6.45) is -8.10. The predicted molar refractivity (Wildman–Crippen MR) is 134 cm³/mol. The predicted octanol–water partition coefficient (Wildman–Crippen LogP) is 6.45. The monoisotopic (exact) mass is 528 g/mol. The maximum Gasteiger partial charge on any atom is 0.409 e. The van der Waals surface area contributed by atoms with E-state index >= 15 is 26.3 Å². The molecule has 198 valence electrons. The molecule has 6 rings (SSSR count). The Morgan fingerprint density at radius 2 is 1.47 bits per heavy atom. The van der Waals surface area contributed by atoms with Crippen LogP contribution in [0.25, 0.3) is 17.1 Å². The molecular weight excluding hydrogens is 502 g/mol. The van der Waals surface area contributed by atoms with Crippen LogP contribution in [0.1, 0.15) is 31.9 Å². The van der Waals surface area contributed by atoms with Crippen molar-refractivity contribution in [2.45, 2.75) is 40.0 Å². The number of benzene rings is 2. The zero-order valence-corrected chi connectivity index (χ0v) is 21.5. The van der Waals surface area contributed by atoms with Crippen LogP contribution in [0, 0.1) is 23.7 Å². The summed E-state index contributed by atoms with van der Waals surface area (Å²) in [7, 11) is 1.57. The summed E-state index contributed by atoms with van der Waals surface area (Å²) in [4.78, 5) is 2.81. The summed E-state index contributed by atoms with van der Waals surface area (Å²) in [5, 5.41) is 1.49. The fraction of sp³-hybridized carbons (Fsp3) is 0.333. The molecule has 0 amide bonds. The highest BCUT2D eigenvalue weighted by molar-refractivity contribution is 5.89. The van der Waals surface area contributed by atoms with Crippen molar-refractivity contribution < 1.29 is 26.3 Å². The zero-order chi connectivity index (χ0) is 27.6. The fourth-order valence-electron chi connectivity index (χ4n) is 7.11. The minimum Gasteiger partial charge on any atom is -0.328 e. The SMILES string of the molecule is Cc1cccc2c1=C1N(C)C(c3ccccc3)=C3N1C1=C(C=CC(C)C=21)C(C)(C)C3(C(F)(F)F)C(F)(F)F. The molecule has 1 unspecified atom stereocenters. The minimum atomic E-state index is -5.65. The van der Waals surface area contributed by atoms with E-state index in [-0.39, 0.29) is 17.2 Å². The molecule has 0 fully saturated rings. The normalized spacial score (nSPS) is 23.3. The zero-order valence-electron chi connectivity index (χ0n) is 21.5. The molecule has 0 saturated heterocycles. The third kappa shape index (κ3) is 2.66. The molecular formula is C30H26F6N2. The van der Waals surface area contributed by atoms with Gasteiger partial charge in [-0.3, -0.25) is 4.90 Å². The maximum atomic E-state index is 15.4. The topological polar surface area (TPSA) is 6.48 Å². The Morgan fingerprint density at radius 1 is 0.842 bits per heavy atom. The van der Waals surface area contributed by atoms with E-state index in [1.54, 1.807) is 43.5 Å². The third-order valence-electron chi connectivity index (χ3n) is 8.70. The van der Waals surface area contributed by atoms with E-state index in [2.05, 4.69) is 0 Å². The quantitative estimate of drug-likeness (QED) is 0.393. The van der Waals surface area contributed by atoms with Gasteiger partial charge in [0.1, 0.15) is 5.82 Å². The van der Waals surface area contributed by atoms with Gasteiger partial charge in [-0.05, 0) is 28.9 Å². The van der Waals surface area contributed by atoms with Gasteiger partial charge in [-0.2, -0.15) is 26.3 Å². The molecule has 0 N–H and O–H groups in total. The van der Waals surface area contributed by atoms with E-state index in [0.717, 1.165) is 30.2 Å². The second-order valence-corrected chi connectivity index (χ2v) is 11.0. The third-order valence-corrected chi connectivity index (χ3v) is 8.70. The van der Waals surface area contributed by atoms with Crippen molar-refractivity contribution in [2.24, 2.45) is 16.7 Å². The first-order chi connectivity index (χ1) is 17.7. The maximum absolute atomic E-state index is 15.4. The van der Waals surface area contributed by atoms with Crippen LogP contribution in [0.2, 0.25) is 0 Å². The van der Waals surface area contributed by atoms with E-state index in [4.69, 9.17) is 0 Å². The van der Waals surface area contributed by atoms with Gasteiger partial charge in [0.25, 0.3) is 0 Å². The van der Waals surface area contributed by atoms with E-state index in [9.17, 15) is 0 Å². The average molecular weight is 529 g/mol. The first-order valence-corrected chi connectivity index (χ1v) is 12.4. The standard InChI is InChI=1S/C30H26F6N2/c1-16-10-9-13-19-21-17(2)14-15-20-24(21)38-25(28(27(20,3)4,29(31,32)33)30(34,35)36)23(18-11-7-6-8-12-18)37(5)26(38)22(16)19/h6-15,17H,1-5H3. The van der Waals surface area contributed by atoms with Gasteiger partial charge in [0.05, 0.1) is 17.1 Å². The lowest BCUT2D eigenvalue weighted by atomic mass is 9.54. The van der Waals surface area contributed by atoms with Crippen molar-refractivity contribution >= 4 is 17.1 Å². The van der Waals surface area contributed by atoms with E-state index in [1.165, 1.54) is 15.9 Å². The highest BCUT2D eigenvalue weighted by atomic mass is 19.4. The Balaban J connectivity index is 1.95. The molecule has 8 heteroatoms. The number of nitrogens with zero attached hydrogens (tertiary/aromatic N) is 2. The molecule has 2 aromatic rings. The highest BCUT2D eigenvalue weighted by Crippen LogP contribution is 2.73. The van der Waals surface area contributed by atoms with Gasteiger partial charge < -0.3 is 4.90 Å². The second-order valence-electron chi connectivity index (χ2n) is 11.0. The average Bonchev–Trinajstić information content (AvgIpc) is 3.10. The Labute approximate surface area is 216 Å². The summed E-state index contributed by atoms with van der Waals surface area (Å²) in [5.74, 6) is 0.113. The van der Waals surface area contributed by atoms with Crippen LogP contribution in [-0.4, -0.2) is 29.2 Å². The molecule has 3 heterocycles. The molecule has 0 aromatic heterocycles. The smallest absolute Gasteiger partial charge is 0.328 e. The lowest BCUT2D eigenvalue weighted by Crippen LogP contribution is -2.65.